The maximum absolute atomic E-state index is 12.5. The summed E-state index contributed by atoms with van der Waals surface area (Å²) in [7, 11) is 0. The van der Waals surface area contributed by atoms with Crippen molar-refractivity contribution in [2.75, 3.05) is 31.1 Å². The van der Waals surface area contributed by atoms with E-state index in [9.17, 15) is 4.79 Å². The zero-order valence-corrected chi connectivity index (χ0v) is 19.1. The van der Waals surface area contributed by atoms with Gasteiger partial charge in [0.15, 0.2) is 5.82 Å². The van der Waals surface area contributed by atoms with Gasteiger partial charge in [0.25, 0.3) is 0 Å². The van der Waals surface area contributed by atoms with Crippen molar-refractivity contribution in [1.29, 1.82) is 0 Å². The maximum atomic E-state index is 12.5. The van der Waals surface area contributed by atoms with Gasteiger partial charge < -0.3 is 9.80 Å². The number of piperazine rings is 1. The predicted molar refractivity (Wildman–Crippen MR) is 124 cm³/mol. The number of benzene rings is 1. The first-order chi connectivity index (χ1) is 14.5. The number of aryl methyl sites for hydroxylation is 2. The predicted octanol–water partition coefficient (Wildman–Crippen LogP) is 4.94. The molecule has 30 heavy (non-hydrogen) atoms. The molecule has 1 aromatic heterocycles. The van der Waals surface area contributed by atoms with Crippen LogP contribution in [0.25, 0.3) is 11.4 Å². The second kappa shape index (κ2) is 10.6. The summed E-state index contributed by atoms with van der Waals surface area (Å²) in [6.45, 7) is 11.8. The minimum absolute atomic E-state index is 0.306. The molecule has 0 saturated carbocycles. The summed E-state index contributed by atoms with van der Waals surface area (Å²) in [5, 5.41) is 0. The van der Waals surface area contributed by atoms with E-state index in [1.54, 1.807) is 0 Å². The number of carbonyl (C=O) groups is 1. The number of anilines is 1. The van der Waals surface area contributed by atoms with Gasteiger partial charge in [0.1, 0.15) is 5.82 Å². The molecule has 2 aromatic rings. The van der Waals surface area contributed by atoms with Gasteiger partial charge in [0, 0.05) is 49.4 Å². The van der Waals surface area contributed by atoms with Crippen LogP contribution in [0.4, 0.5) is 5.82 Å². The van der Waals surface area contributed by atoms with E-state index >= 15 is 0 Å². The van der Waals surface area contributed by atoms with E-state index < -0.39 is 0 Å². The molecule has 0 N–H and O–H groups in total. The summed E-state index contributed by atoms with van der Waals surface area (Å²) in [4.78, 5) is 26.7. The molecule has 162 valence electrons. The van der Waals surface area contributed by atoms with Gasteiger partial charge in [-0.2, -0.15) is 0 Å². The second-order valence-corrected chi connectivity index (χ2v) is 8.34. The van der Waals surface area contributed by atoms with Crippen LogP contribution < -0.4 is 4.90 Å². The molecule has 0 atom stereocenters. The molecule has 0 radical (unpaired) electrons. The minimum Gasteiger partial charge on any atom is -0.353 e. The number of rotatable bonds is 8. The number of carbonyl (C=O) groups excluding carboxylic acids is 1. The Bertz CT molecular complexity index is 856. The Morgan fingerprint density at radius 1 is 1.00 bits per heavy atom. The van der Waals surface area contributed by atoms with E-state index in [-0.39, 0.29) is 0 Å². The Kier molecular flexibility index (Phi) is 7.83. The van der Waals surface area contributed by atoms with Crippen molar-refractivity contribution in [1.82, 2.24) is 14.9 Å². The molecular weight excluding hydrogens is 372 g/mol. The quantitative estimate of drug-likeness (QED) is 0.581. The number of nitrogens with zero attached hydrogens (tertiary/aromatic N) is 4. The van der Waals surface area contributed by atoms with Crippen LogP contribution >= 0.6 is 0 Å². The average Bonchev–Trinajstić information content (AvgIpc) is 2.76. The largest absolute Gasteiger partial charge is 0.353 e. The Balaban J connectivity index is 1.72. The van der Waals surface area contributed by atoms with Crippen LogP contribution in [0, 0.1) is 13.8 Å². The van der Waals surface area contributed by atoms with Gasteiger partial charge >= 0.3 is 0 Å². The first-order valence-electron chi connectivity index (χ1n) is 11.5. The van der Waals surface area contributed by atoms with Gasteiger partial charge in [0.2, 0.25) is 5.91 Å². The van der Waals surface area contributed by atoms with Crippen molar-refractivity contribution in [3.63, 3.8) is 0 Å². The van der Waals surface area contributed by atoms with Crippen LogP contribution in [0.15, 0.2) is 24.3 Å². The van der Waals surface area contributed by atoms with Crippen LogP contribution in [0.3, 0.4) is 0 Å². The van der Waals surface area contributed by atoms with Gasteiger partial charge in [0.05, 0.1) is 0 Å². The zero-order chi connectivity index (χ0) is 21.5. The van der Waals surface area contributed by atoms with E-state index in [1.165, 1.54) is 24.0 Å². The molecule has 0 spiro atoms. The summed E-state index contributed by atoms with van der Waals surface area (Å²) >= 11 is 0. The lowest BCUT2D eigenvalue weighted by atomic mass is 10.1. The number of hydrogen-bond acceptors (Lipinski definition) is 4. The van der Waals surface area contributed by atoms with Crippen molar-refractivity contribution in [2.45, 2.75) is 66.2 Å². The Hall–Kier alpha value is -2.43. The Morgan fingerprint density at radius 2 is 1.77 bits per heavy atom. The fourth-order valence-corrected chi connectivity index (χ4v) is 4.20. The third kappa shape index (κ3) is 5.38. The molecule has 0 bridgehead atoms. The fraction of sp³-hybridized carbons (Fsp3) is 0.560. The Labute approximate surface area is 181 Å². The highest BCUT2D eigenvalue weighted by atomic mass is 16.2. The molecule has 1 aliphatic heterocycles. The van der Waals surface area contributed by atoms with Gasteiger partial charge in [-0.3, -0.25) is 4.79 Å². The topological polar surface area (TPSA) is 49.3 Å². The summed E-state index contributed by atoms with van der Waals surface area (Å²) in [5.74, 6) is 2.13. The standard InChI is InChI=1S/C25H36N4O/c1-5-7-8-9-13-23(30)28-14-16-29(17-15-28)25-22(6-2)20(4)26-24(27-25)21-12-10-11-19(3)18-21/h10-12,18H,5-9,13-17H2,1-4H3. The number of unbranched alkanes of at least 4 members (excludes halogenated alkanes) is 3. The number of hydrogen-bond donors (Lipinski definition) is 0. The van der Waals surface area contributed by atoms with Gasteiger partial charge in [-0.25, -0.2) is 9.97 Å². The molecule has 0 unspecified atom stereocenters. The van der Waals surface area contributed by atoms with Gasteiger partial charge in [-0.15, -0.1) is 0 Å². The van der Waals surface area contributed by atoms with Crippen LogP contribution in [0.1, 0.15) is 62.8 Å². The molecule has 1 saturated heterocycles. The number of aromatic nitrogens is 2. The van der Waals surface area contributed by atoms with Crippen LogP contribution in [-0.2, 0) is 11.2 Å². The van der Waals surface area contributed by atoms with Crippen molar-refractivity contribution < 1.29 is 4.79 Å². The highest BCUT2D eigenvalue weighted by Crippen LogP contribution is 2.27. The van der Waals surface area contributed by atoms with E-state index in [4.69, 9.17) is 9.97 Å². The summed E-state index contributed by atoms with van der Waals surface area (Å²) < 4.78 is 0. The summed E-state index contributed by atoms with van der Waals surface area (Å²) in [6, 6.07) is 8.36. The molecular formula is C25H36N4O. The molecule has 1 aliphatic rings. The van der Waals surface area contributed by atoms with Crippen LogP contribution in [0.2, 0.25) is 0 Å². The normalized spacial score (nSPS) is 14.3. The molecule has 1 fully saturated rings. The van der Waals surface area contributed by atoms with Crippen LogP contribution in [0.5, 0.6) is 0 Å². The van der Waals surface area contributed by atoms with Crippen molar-refractivity contribution in [2.24, 2.45) is 0 Å². The third-order valence-corrected chi connectivity index (χ3v) is 6.00. The first-order valence-corrected chi connectivity index (χ1v) is 11.5. The lowest BCUT2D eigenvalue weighted by Crippen LogP contribution is -2.49. The third-order valence-electron chi connectivity index (χ3n) is 6.00. The first kappa shape index (κ1) is 22.3. The average molecular weight is 409 g/mol. The second-order valence-electron chi connectivity index (χ2n) is 8.34. The highest BCUT2D eigenvalue weighted by Gasteiger charge is 2.24. The van der Waals surface area contributed by atoms with Crippen molar-refractivity contribution in [3.8, 4) is 11.4 Å². The van der Waals surface area contributed by atoms with E-state index in [2.05, 4.69) is 56.9 Å². The molecule has 2 heterocycles. The zero-order valence-electron chi connectivity index (χ0n) is 19.1. The SMILES string of the molecule is CCCCCCC(=O)N1CCN(c2nc(-c3cccc(C)c3)nc(C)c2CC)CC1. The summed E-state index contributed by atoms with van der Waals surface area (Å²) in [5.41, 5.74) is 4.53. The monoisotopic (exact) mass is 408 g/mol. The lowest BCUT2D eigenvalue weighted by Gasteiger charge is -2.36. The fourth-order valence-electron chi connectivity index (χ4n) is 4.20. The van der Waals surface area contributed by atoms with E-state index in [0.29, 0.717) is 12.3 Å². The summed E-state index contributed by atoms with van der Waals surface area (Å²) in [6.07, 6.45) is 6.19. The van der Waals surface area contributed by atoms with Crippen LogP contribution in [-0.4, -0.2) is 47.0 Å². The molecule has 3 rings (SSSR count). The van der Waals surface area contributed by atoms with Crippen molar-refractivity contribution >= 4 is 11.7 Å². The molecule has 5 heteroatoms. The number of amides is 1. The molecule has 0 aliphatic carbocycles. The van der Waals surface area contributed by atoms with Gasteiger partial charge in [-0.1, -0.05) is 56.9 Å². The van der Waals surface area contributed by atoms with E-state index in [0.717, 1.165) is 68.3 Å². The van der Waals surface area contributed by atoms with E-state index in [1.807, 2.05) is 4.90 Å². The molecule has 1 amide bonds. The maximum Gasteiger partial charge on any atom is 0.222 e. The minimum atomic E-state index is 0.306. The highest BCUT2D eigenvalue weighted by molar-refractivity contribution is 5.76. The molecule has 5 nitrogen and oxygen atoms in total. The Morgan fingerprint density at radius 3 is 2.43 bits per heavy atom. The lowest BCUT2D eigenvalue weighted by molar-refractivity contribution is -0.131. The van der Waals surface area contributed by atoms with Crippen molar-refractivity contribution in [3.05, 3.63) is 41.1 Å². The smallest absolute Gasteiger partial charge is 0.222 e. The van der Waals surface area contributed by atoms with Gasteiger partial charge in [-0.05, 0) is 32.8 Å². The molecule has 1 aromatic carbocycles.